The molecule has 1 aromatic carbocycles. The molecule has 6 heteroatoms. The lowest BCUT2D eigenvalue weighted by Crippen LogP contribution is -2.35. The van der Waals surface area contributed by atoms with Gasteiger partial charge in [-0.05, 0) is 69.5 Å². The number of nitrogens with zero attached hydrogens (tertiary/aromatic N) is 4. The van der Waals surface area contributed by atoms with Gasteiger partial charge in [-0.2, -0.15) is 0 Å². The molecule has 1 aliphatic carbocycles. The fraction of sp³-hybridized carbons (Fsp3) is 0.375. The molecule has 1 N–H and O–H groups in total. The Morgan fingerprint density at radius 1 is 1.03 bits per heavy atom. The highest BCUT2D eigenvalue weighted by atomic mass is 16.1. The van der Waals surface area contributed by atoms with Gasteiger partial charge in [-0.1, -0.05) is 6.07 Å². The number of hydrogen-bond donors (Lipinski definition) is 1. The van der Waals surface area contributed by atoms with Crippen LogP contribution >= 0.6 is 0 Å². The lowest BCUT2D eigenvalue weighted by Gasteiger charge is -2.31. The molecule has 0 bridgehead atoms. The Kier molecular flexibility index (Phi) is 4.03. The number of nitrogens with one attached hydrogen (secondary N) is 1. The third-order valence-corrected chi connectivity index (χ3v) is 6.64. The van der Waals surface area contributed by atoms with Crippen molar-refractivity contribution in [1.29, 1.82) is 0 Å². The Labute approximate surface area is 174 Å². The van der Waals surface area contributed by atoms with Crippen molar-refractivity contribution in [2.75, 3.05) is 13.1 Å². The molecule has 30 heavy (non-hydrogen) atoms. The van der Waals surface area contributed by atoms with Crippen LogP contribution in [-0.2, 0) is 0 Å². The average molecular weight is 399 g/mol. The first-order valence-electron chi connectivity index (χ1n) is 10.9. The van der Waals surface area contributed by atoms with E-state index in [4.69, 9.17) is 4.98 Å². The second-order valence-electron chi connectivity index (χ2n) is 8.81. The highest BCUT2D eigenvalue weighted by Crippen LogP contribution is 2.33. The van der Waals surface area contributed by atoms with Crippen molar-refractivity contribution in [3.8, 4) is 11.1 Å². The average Bonchev–Trinajstić information content (AvgIpc) is 3.53. The Hall–Kier alpha value is -2.99. The molecule has 0 atom stereocenters. The summed E-state index contributed by atoms with van der Waals surface area (Å²) >= 11 is 0. The molecule has 0 spiro atoms. The van der Waals surface area contributed by atoms with Gasteiger partial charge in [0.05, 0.1) is 28.3 Å². The van der Waals surface area contributed by atoms with Gasteiger partial charge in [-0.3, -0.25) is 9.78 Å². The summed E-state index contributed by atoms with van der Waals surface area (Å²) in [6, 6.07) is 8.91. The second-order valence-corrected chi connectivity index (χ2v) is 8.81. The maximum Gasteiger partial charge on any atom is 0.258 e. The molecule has 152 valence electrons. The molecule has 0 amide bonds. The van der Waals surface area contributed by atoms with Gasteiger partial charge < -0.3 is 14.3 Å². The van der Waals surface area contributed by atoms with E-state index in [1.165, 1.54) is 12.8 Å². The fourth-order valence-electron chi connectivity index (χ4n) is 4.78. The number of aryl methyl sites for hydroxylation is 1. The molecule has 1 aliphatic heterocycles. The summed E-state index contributed by atoms with van der Waals surface area (Å²) in [7, 11) is 0. The van der Waals surface area contributed by atoms with E-state index in [9.17, 15) is 4.79 Å². The Bertz CT molecular complexity index is 1310. The van der Waals surface area contributed by atoms with Gasteiger partial charge in [0.2, 0.25) is 0 Å². The third kappa shape index (κ3) is 3.12. The van der Waals surface area contributed by atoms with Gasteiger partial charge in [0.15, 0.2) is 0 Å². The smallest absolute Gasteiger partial charge is 0.258 e. The number of piperidine rings is 1. The van der Waals surface area contributed by atoms with Crippen LogP contribution in [0.3, 0.4) is 0 Å². The number of hydrogen-bond acceptors (Lipinski definition) is 4. The van der Waals surface area contributed by atoms with E-state index in [0.717, 1.165) is 65.7 Å². The van der Waals surface area contributed by atoms with E-state index in [0.29, 0.717) is 11.3 Å². The lowest BCUT2D eigenvalue weighted by molar-refractivity contribution is 0.200. The van der Waals surface area contributed by atoms with Gasteiger partial charge in [0.1, 0.15) is 5.82 Å². The van der Waals surface area contributed by atoms with Crippen molar-refractivity contribution in [2.24, 2.45) is 0 Å². The second kappa shape index (κ2) is 6.77. The molecule has 6 rings (SSSR count). The van der Waals surface area contributed by atoms with E-state index in [2.05, 4.69) is 37.6 Å². The number of rotatable bonds is 3. The molecule has 0 unspecified atom stereocenters. The van der Waals surface area contributed by atoms with Gasteiger partial charge in [-0.15, -0.1) is 0 Å². The predicted molar refractivity (Wildman–Crippen MR) is 118 cm³/mol. The van der Waals surface area contributed by atoms with E-state index in [-0.39, 0.29) is 5.56 Å². The Morgan fingerprint density at radius 3 is 2.67 bits per heavy atom. The van der Waals surface area contributed by atoms with Crippen LogP contribution in [0.4, 0.5) is 0 Å². The van der Waals surface area contributed by atoms with Crippen LogP contribution in [-0.4, -0.2) is 43.4 Å². The molecule has 0 radical (unpaired) electrons. The van der Waals surface area contributed by atoms with E-state index in [1.807, 2.05) is 31.5 Å². The van der Waals surface area contributed by atoms with E-state index < -0.39 is 0 Å². The number of benzene rings is 1. The molecular formula is C24H25N5O. The summed E-state index contributed by atoms with van der Waals surface area (Å²) in [5, 5.41) is 0.649. The van der Waals surface area contributed by atoms with Crippen LogP contribution in [0.15, 0.2) is 47.7 Å². The monoisotopic (exact) mass is 399 g/mol. The number of aromatic nitrogens is 4. The zero-order valence-corrected chi connectivity index (χ0v) is 17.1. The minimum atomic E-state index is -0.0391. The first-order valence-corrected chi connectivity index (χ1v) is 10.9. The number of H-pyrrole nitrogens is 1. The number of fused-ring (bicyclic) bond motifs is 2. The van der Waals surface area contributed by atoms with Gasteiger partial charge in [-0.25, -0.2) is 4.98 Å². The minimum Gasteiger partial charge on any atom is -0.320 e. The van der Waals surface area contributed by atoms with Gasteiger partial charge in [0, 0.05) is 29.9 Å². The highest BCUT2D eigenvalue weighted by molar-refractivity contribution is 5.84. The summed E-state index contributed by atoms with van der Waals surface area (Å²) in [5.74, 6) is 1.20. The first-order chi connectivity index (χ1) is 14.6. The van der Waals surface area contributed by atoms with Crippen molar-refractivity contribution < 1.29 is 0 Å². The predicted octanol–water partition coefficient (Wildman–Crippen LogP) is 3.89. The topological polar surface area (TPSA) is 66.3 Å². The fourth-order valence-corrected chi connectivity index (χ4v) is 4.78. The summed E-state index contributed by atoms with van der Waals surface area (Å²) in [4.78, 5) is 27.8. The Morgan fingerprint density at radius 2 is 1.87 bits per heavy atom. The van der Waals surface area contributed by atoms with Crippen molar-refractivity contribution in [3.63, 3.8) is 0 Å². The van der Waals surface area contributed by atoms with Gasteiger partial charge >= 0.3 is 0 Å². The van der Waals surface area contributed by atoms with Gasteiger partial charge in [0.25, 0.3) is 5.56 Å². The third-order valence-electron chi connectivity index (χ3n) is 6.64. The molecule has 2 fully saturated rings. The van der Waals surface area contributed by atoms with Crippen LogP contribution in [0.2, 0.25) is 0 Å². The van der Waals surface area contributed by atoms with Crippen LogP contribution in [0.5, 0.6) is 0 Å². The molecule has 1 saturated carbocycles. The molecule has 4 heterocycles. The SMILES string of the molecule is Cc1cn2cc(-c3ccc4nc(C5CCN(C6CC6)CC5)[nH]c(=O)c4c3)cc2cn1. The maximum absolute atomic E-state index is 12.9. The lowest BCUT2D eigenvalue weighted by atomic mass is 9.95. The first kappa shape index (κ1) is 17.8. The standard InChI is InChI=1S/C24H25N5O/c1-15-13-29-14-18(10-20(29)12-25-15)17-2-5-22-21(11-17)24(30)27-23(26-22)16-6-8-28(9-7-16)19-3-4-19/h2,5,10-14,16,19H,3-4,6-9H2,1H3,(H,26,27,30). The normalized spacial score (nSPS) is 18.4. The zero-order chi connectivity index (χ0) is 20.2. The largest absolute Gasteiger partial charge is 0.320 e. The van der Waals surface area contributed by atoms with E-state index in [1.54, 1.807) is 0 Å². The summed E-state index contributed by atoms with van der Waals surface area (Å²) < 4.78 is 2.07. The van der Waals surface area contributed by atoms with Crippen LogP contribution < -0.4 is 5.56 Å². The summed E-state index contributed by atoms with van der Waals surface area (Å²) in [5.41, 5.74) is 4.84. The molecular weight excluding hydrogens is 374 g/mol. The molecule has 6 nitrogen and oxygen atoms in total. The van der Waals surface area contributed by atoms with E-state index >= 15 is 0 Å². The van der Waals surface area contributed by atoms with Crippen LogP contribution in [0.25, 0.3) is 27.5 Å². The highest BCUT2D eigenvalue weighted by Gasteiger charge is 2.32. The molecule has 4 aromatic rings. The maximum atomic E-state index is 12.9. The number of aromatic amines is 1. The molecule has 2 aliphatic rings. The van der Waals surface area contributed by atoms with Crippen LogP contribution in [0, 0.1) is 6.92 Å². The van der Waals surface area contributed by atoms with Crippen molar-refractivity contribution in [1.82, 2.24) is 24.3 Å². The Balaban J connectivity index is 1.32. The van der Waals surface area contributed by atoms with Crippen LogP contribution in [0.1, 0.15) is 43.1 Å². The molecule has 3 aromatic heterocycles. The minimum absolute atomic E-state index is 0.0391. The quantitative estimate of drug-likeness (QED) is 0.568. The number of likely N-dealkylation sites (tertiary alicyclic amines) is 1. The molecule has 1 saturated heterocycles. The zero-order valence-electron chi connectivity index (χ0n) is 17.1. The van der Waals surface area contributed by atoms with Crippen molar-refractivity contribution in [3.05, 3.63) is 64.7 Å². The van der Waals surface area contributed by atoms with Crippen molar-refractivity contribution in [2.45, 2.75) is 44.6 Å². The van der Waals surface area contributed by atoms with Crippen molar-refractivity contribution >= 4 is 16.4 Å². The summed E-state index contributed by atoms with van der Waals surface area (Å²) in [6.45, 7) is 4.22. The summed E-state index contributed by atoms with van der Waals surface area (Å²) in [6.07, 6.45) is 10.8.